The molecule has 2 heterocycles. The van der Waals surface area contributed by atoms with Crippen molar-refractivity contribution in [2.45, 2.75) is 62.6 Å². The lowest BCUT2D eigenvalue weighted by Crippen LogP contribution is -2.47. The maximum absolute atomic E-state index is 12.6. The van der Waals surface area contributed by atoms with Crippen LogP contribution in [-0.2, 0) is 10.0 Å². The summed E-state index contributed by atoms with van der Waals surface area (Å²) in [5, 5.41) is 3.11. The van der Waals surface area contributed by atoms with Gasteiger partial charge in [-0.25, -0.2) is 8.42 Å². The van der Waals surface area contributed by atoms with Crippen LogP contribution >= 0.6 is 0 Å². The summed E-state index contributed by atoms with van der Waals surface area (Å²) >= 11 is 0. The highest BCUT2D eigenvalue weighted by Gasteiger charge is 2.50. The van der Waals surface area contributed by atoms with Gasteiger partial charge in [0, 0.05) is 19.1 Å². The van der Waals surface area contributed by atoms with Gasteiger partial charge in [-0.3, -0.25) is 4.98 Å². The van der Waals surface area contributed by atoms with Crippen molar-refractivity contribution in [3.63, 3.8) is 0 Å². The number of piperidine rings is 1. The molecule has 1 aromatic heterocycles. The number of anilines is 1. The number of hydrogen-bond acceptors (Lipinski definition) is 6. The molecule has 0 spiro atoms. The summed E-state index contributed by atoms with van der Waals surface area (Å²) in [7, 11) is -5.26. The van der Waals surface area contributed by atoms with Gasteiger partial charge in [0.15, 0.2) is 0 Å². The summed E-state index contributed by atoms with van der Waals surface area (Å²) in [4.78, 5) is 8.46. The number of rotatable bonds is 5. The van der Waals surface area contributed by atoms with E-state index in [0.717, 1.165) is 25.7 Å². The fourth-order valence-electron chi connectivity index (χ4n) is 3.42. The highest BCUT2D eigenvalue weighted by atomic mass is 32.2. The predicted octanol–water partition coefficient (Wildman–Crippen LogP) is 2.91. The predicted molar refractivity (Wildman–Crippen MR) is 92.7 cm³/mol. The summed E-state index contributed by atoms with van der Waals surface area (Å²) in [6.45, 7) is -0.379. The Bertz CT molecular complexity index is 731. The monoisotopic (exact) mass is 408 g/mol. The minimum absolute atomic E-state index is 0.138. The number of hydrogen-bond donors (Lipinski definition) is 1. The lowest BCUT2D eigenvalue weighted by Gasteiger charge is -2.32. The zero-order valence-corrected chi connectivity index (χ0v) is 15.6. The number of sulfonamides is 1. The molecule has 0 radical (unpaired) electrons. The molecular weight excluding hydrogens is 385 g/mol. The van der Waals surface area contributed by atoms with Crippen molar-refractivity contribution in [2.24, 2.45) is 0 Å². The third-order valence-electron chi connectivity index (χ3n) is 4.89. The van der Waals surface area contributed by atoms with Gasteiger partial charge in [-0.05, 0) is 38.5 Å². The maximum atomic E-state index is 12.6. The van der Waals surface area contributed by atoms with E-state index in [1.807, 2.05) is 0 Å². The number of nitrogens with one attached hydrogen (secondary N) is 1. The molecule has 0 atom stereocenters. The van der Waals surface area contributed by atoms with E-state index in [0.29, 0.717) is 16.0 Å². The van der Waals surface area contributed by atoms with Gasteiger partial charge in [0.25, 0.3) is 0 Å². The summed E-state index contributed by atoms with van der Waals surface area (Å²) in [6.07, 6.45) is 9.18. The van der Waals surface area contributed by atoms with E-state index in [2.05, 4.69) is 15.3 Å². The van der Waals surface area contributed by atoms with Crippen LogP contribution in [0.2, 0.25) is 0 Å². The molecule has 2 fully saturated rings. The molecule has 1 saturated heterocycles. The van der Waals surface area contributed by atoms with E-state index in [1.165, 1.54) is 18.8 Å². The largest absolute Gasteiger partial charge is 0.511 e. The molecule has 1 aromatic rings. The molecule has 1 saturated carbocycles. The standard InChI is InChI=1S/C16H23F3N4O3S/c17-16(18,19)27(24,25)23-8-6-12(7-9-23)21-14-10-20-11-15(22-14)26-13-4-2-1-3-5-13/h10-13H,1-9H2,(H,21,22). The molecule has 11 heteroatoms. The van der Waals surface area contributed by atoms with Gasteiger partial charge in [0.05, 0.1) is 12.4 Å². The smallest absolute Gasteiger partial charge is 0.473 e. The zero-order valence-electron chi connectivity index (χ0n) is 14.8. The van der Waals surface area contributed by atoms with Crippen molar-refractivity contribution >= 4 is 15.8 Å². The third-order valence-corrected chi connectivity index (χ3v) is 6.52. The molecule has 7 nitrogen and oxygen atoms in total. The van der Waals surface area contributed by atoms with E-state index in [1.54, 1.807) is 0 Å². The van der Waals surface area contributed by atoms with E-state index >= 15 is 0 Å². The first-order chi connectivity index (χ1) is 12.8. The van der Waals surface area contributed by atoms with Gasteiger partial charge >= 0.3 is 15.5 Å². The number of alkyl halides is 3. The van der Waals surface area contributed by atoms with Crippen molar-refractivity contribution in [3.05, 3.63) is 12.4 Å². The third kappa shape index (κ3) is 5.01. The molecule has 1 aliphatic carbocycles. The van der Waals surface area contributed by atoms with Crippen molar-refractivity contribution in [1.29, 1.82) is 0 Å². The van der Waals surface area contributed by atoms with E-state index < -0.39 is 15.5 Å². The van der Waals surface area contributed by atoms with Crippen molar-refractivity contribution in [3.8, 4) is 5.88 Å². The van der Waals surface area contributed by atoms with Gasteiger partial charge in [-0.1, -0.05) is 6.42 Å². The maximum Gasteiger partial charge on any atom is 0.511 e. The Kier molecular flexibility index (Phi) is 6.09. The fourth-order valence-corrected chi connectivity index (χ4v) is 4.41. The molecule has 27 heavy (non-hydrogen) atoms. The second-order valence-electron chi connectivity index (χ2n) is 6.89. The molecule has 2 aliphatic rings. The lowest BCUT2D eigenvalue weighted by atomic mass is 9.98. The summed E-state index contributed by atoms with van der Waals surface area (Å²) in [5.74, 6) is 0.893. The Morgan fingerprint density at radius 3 is 2.37 bits per heavy atom. The molecular formula is C16H23F3N4O3S. The van der Waals surface area contributed by atoms with Crippen LogP contribution in [-0.4, -0.2) is 53.4 Å². The van der Waals surface area contributed by atoms with E-state index in [-0.39, 0.29) is 38.1 Å². The van der Waals surface area contributed by atoms with Crippen LogP contribution in [0, 0.1) is 0 Å². The second-order valence-corrected chi connectivity index (χ2v) is 8.82. The summed E-state index contributed by atoms with van der Waals surface area (Å²) in [6, 6.07) is -0.177. The zero-order chi connectivity index (χ0) is 19.5. The first kappa shape index (κ1) is 20.1. The Labute approximate surface area is 156 Å². The highest BCUT2D eigenvalue weighted by Crippen LogP contribution is 2.29. The van der Waals surface area contributed by atoms with Crippen LogP contribution in [0.15, 0.2) is 12.4 Å². The molecule has 152 valence electrons. The van der Waals surface area contributed by atoms with Crippen molar-refractivity contribution in [1.82, 2.24) is 14.3 Å². The van der Waals surface area contributed by atoms with Crippen LogP contribution in [0.3, 0.4) is 0 Å². The Morgan fingerprint density at radius 1 is 1.07 bits per heavy atom. The van der Waals surface area contributed by atoms with Crippen LogP contribution in [0.1, 0.15) is 44.9 Å². The summed E-state index contributed by atoms with van der Waals surface area (Å²) < 4.78 is 67.1. The van der Waals surface area contributed by atoms with E-state index in [4.69, 9.17) is 4.74 Å². The SMILES string of the molecule is O=S(=O)(N1CCC(Nc2cncc(OC3CCCCC3)n2)CC1)C(F)(F)F. The van der Waals surface area contributed by atoms with Crippen LogP contribution in [0.5, 0.6) is 5.88 Å². The molecule has 3 rings (SSSR count). The van der Waals surface area contributed by atoms with Gasteiger partial charge in [-0.15, -0.1) is 0 Å². The average molecular weight is 408 g/mol. The molecule has 0 amide bonds. The molecule has 1 aliphatic heterocycles. The number of nitrogens with zero attached hydrogens (tertiary/aromatic N) is 3. The first-order valence-corrected chi connectivity index (χ1v) is 10.5. The number of ether oxygens (including phenoxy) is 1. The van der Waals surface area contributed by atoms with Crippen LogP contribution in [0.4, 0.5) is 19.0 Å². The highest BCUT2D eigenvalue weighted by molar-refractivity contribution is 7.90. The Morgan fingerprint density at radius 2 is 1.74 bits per heavy atom. The molecule has 0 bridgehead atoms. The minimum Gasteiger partial charge on any atom is -0.473 e. The number of halogens is 3. The second kappa shape index (κ2) is 8.17. The van der Waals surface area contributed by atoms with E-state index in [9.17, 15) is 21.6 Å². The van der Waals surface area contributed by atoms with Crippen LogP contribution < -0.4 is 10.1 Å². The lowest BCUT2D eigenvalue weighted by molar-refractivity contribution is -0.0494. The fraction of sp³-hybridized carbons (Fsp3) is 0.750. The summed E-state index contributed by atoms with van der Waals surface area (Å²) in [5.41, 5.74) is -5.26. The first-order valence-electron chi connectivity index (χ1n) is 9.07. The van der Waals surface area contributed by atoms with Gasteiger partial charge in [0.1, 0.15) is 11.9 Å². The normalized spacial score (nSPS) is 21.1. The average Bonchev–Trinajstić information content (AvgIpc) is 2.62. The van der Waals surface area contributed by atoms with Gasteiger partial charge in [0.2, 0.25) is 5.88 Å². The van der Waals surface area contributed by atoms with Crippen LogP contribution in [0.25, 0.3) is 0 Å². The van der Waals surface area contributed by atoms with Gasteiger partial charge in [-0.2, -0.15) is 22.5 Å². The Balaban J connectivity index is 1.54. The van der Waals surface area contributed by atoms with Crippen molar-refractivity contribution < 1.29 is 26.3 Å². The Hall–Kier alpha value is -1.62. The molecule has 1 N–H and O–H groups in total. The van der Waals surface area contributed by atoms with Crippen molar-refractivity contribution in [2.75, 3.05) is 18.4 Å². The topological polar surface area (TPSA) is 84.4 Å². The molecule has 0 unspecified atom stereocenters. The minimum atomic E-state index is -5.26. The number of aromatic nitrogens is 2. The molecule has 0 aromatic carbocycles. The quantitative estimate of drug-likeness (QED) is 0.807. The van der Waals surface area contributed by atoms with Gasteiger partial charge < -0.3 is 10.1 Å².